The Morgan fingerprint density at radius 1 is 1.33 bits per heavy atom. The third kappa shape index (κ3) is 4.09. The van der Waals surface area contributed by atoms with Crippen molar-refractivity contribution >= 4 is 0 Å². The van der Waals surface area contributed by atoms with Crippen LogP contribution in [-0.4, -0.2) is 44.8 Å². The monoisotopic (exact) mass is 214 g/mol. The van der Waals surface area contributed by atoms with Gasteiger partial charge in [-0.1, -0.05) is 19.3 Å². The Bertz CT molecular complexity index is 158. The average Bonchev–Trinajstić information content (AvgIpc) is 2.29. The van der Waals surface area contributed by atoms with Gasteiger partial charge in [-0.25, -0.2) is 0 Å². The molecule has 2 N–H and O–H groups in total. The third-order valence-corrected chi connectivity index (χ3v) is 3.65. The van der Waals surface area contributed by atoms with E-state index in [2.05, 4.69) is 11.9 Å². The van der Waals surface area contributed by atoms with Gasteiger partial charge in [-0.3, -0.25) is 4.90 Å². The molecule has 0 aromatic rings. The van der Waals surface area contributed by atoms with E-state index in [1.165, 1.54) is 32.1 Å². The molecule has 0 aliphatic heterocycles. The number of ether oxygens (including phenoxy) is 1. The Balaban J connectivity index is 2.37. The maximum Gasteiger partial charge on any atom is 0.0589 e. The number of rotatable bonds is 6. The van der Waals surface area contributed by atoms with Gasteiger partial charge in [-0.05, 0) is 25.8 Å². The molecule has 0 radical (unpaired) electrons. The predicted octanol–water partition coefficient (Wildman–Crippen LogP) is 1.47. The quantitative estimate of drug-likeness (QED) is 0.728. The second kappa shape index (κ2) is 7.20. The van der Waals surface area contributed by atoms with Crippen LogP contribution in [0.5, 0.6) is 0 Å². The van der Waals surface area contributed by atoms with Crippen molar-refractivity contribution < 1.29 is 4.74 Å². The number of hydrogen-bond donors (Lipinski definition) is 1. The van der Waals surface area contributed by atoms with E-state index in [1.54, 1.807) is 7.11 Å². The Labute approximate surface area is 94.0 Å². The summed E-state index contributed by atoms with van der Waals surface area (Å²) in [5.74, 6) is 0.811. The molecular weight excluding hydrogens is 188 g/mol. The fourth-order valence-corrected chi connectivity index (χ4v) is 2.65. The summed E-state index contributed by atoms with van der Waals surface area (Å²) < 4.78 is 5.11. The third-order valence-electron chi connectivity index (χ3n) is 3.65. The Kier molecular flexibility index (Phi) is 6.22. The number of methoxy groups -OCH3 is 1. The molecule has 1 aliphatic carbocycles. The molecule has 0 aromatic heterocycles. The molecule has 3 nitrogen and oxygen atoms in total. The zero-order valence-electron chi connectivity index (χ0n) is 10.2. The van der Waals surface area contributed by atoms with Crippen molar-refractivity contribution in [1.82, 2.24) is 4.90 Å². The normalized spacial score (nSPS) is 20.8. The SMILES string of the molecule is COCCN(C)C(CN)C1CCCCC1. The summed E-state index contributed by atoms with van der Waals surface area (Å²) in [5.41, 5.74) is 5.89. The molecule has 0 amide bonds. The van der Waals surface area contributed by atoms with Gasteiger partial charge in [-0.2, -0.15) is 0 Å². The van der Waals surface area contributed by atoms with Crippen LogP contribution in [0.4, 0.5) is 0 Å². The lowest BCUT2D eigenvalue weighted by Gasteiger charge is -2.35. The predicted molar refractivity (Wildman–Crippen MR) is 63.9 cm³/mol. The summed E-state index contributed by atoms with van der Waals surface area (Å²) >= 11 is 0. The van der Waals surface area contributed by atoms with Gasteiger partial charge in [0.15, 0.2) is 0 Å². The maximum absolute atomic E-state index is 5.89. The van der Waals surface area contributed by atoms with Crippen LogP contribution in [0.3, 0.4) is 0 Å². The minimum absolute atomic E-state index is 0.556. The van der Waals surface area contributed by atoms with Crippen LogP contribution >= 0.6 is 0 Å². The van der Waals surface area contributed by atoms with E-state index in [1.807, 2.05) is 0 Å². The largest absolute Gasteiger partial charge is 0.383 e. The number of nitrogens with two attached hydrogens (primary N) is 1. The van der Waals surface area contributed by atoms with E-state index < -0.39 is 0 Å². The van der Waals surface area contributed by atoms with E-state index in [4.69, 9.17) is 10.5 Å². The van der Waals surface area contributed by atoms with Crippen LogP contribution in [0.2, 0.25) is 0 Å². The van der Waals surface area contributed by atoms with Crippen molar-refractivity contribution in [2.45, 2.75) is 38.1 Å². The van der Waals surface area contributed by atoms with Gasteiger partial charge < -0.3 is 10.5 Å². The second-order valence-electron chi connectivity index (χ2n) is 4.67. The summed E-state index contributed by atoms with van der Waals surface area (Å²) in [6.07, 6.45) is 6.91. The van der Waals surface area contributed by atoms with Crippen molar-refractivity contribution in [3.05, 3.63) is 0 Å². The van der Waals surface area contributed by atoms with Crippen LogP contribution in [0.1, 0.15) is 32.1 Å². The van der Waals surface area contributed by atoms with Crippen LogP contribution < -0.4 is 5.73 Å². The highest BCUT2D eigenvalue weighted by Gasteiger charge is 2.25. The van der Waals surface area contributed by atoms with E-state index in [0.717, 1.165) is 25.6 Å². The molecule has 0 heterocycles. The first kappa shape index (κ1) is 12.9. The highest BCUT2D eigenvalue weighted by molar-refractivity contribution is 4.81. The standard InChI is InChI=1S/C12H26N2O/c1-14(8-9-15-2)12(10-13)11-6-4-3-5-7-11/h11-12H,3-10,13H2,1-2H3. The molecule has 0 aromatic carbocycles. The summed E-state index contributed by atoms with van der Waals surface area (Å²) in [6.45, 7) is 2.58. The topological polar surface area (TPSA) is 38.5 Å². The summed E-state index contributed by atoms with van der Waals surface area (Å²) in [4.78, 5) is 2.37. The first-order valence-corrected chi connectivity index (χ1v) is 6.18. The molecule has 1 aliphatic rings. The highest BCUT2D eigenvalue weighted by Crippen LogP contribution is 2.28. The van der Waals surface area contributed by atoms with E-state index in [9.17, 15) is 0 Å². The highest BCUT2D eigenvalue weighted by atomic mass is 16.5. The first-order valence-electron chi connectivity index (χ1n) is 6.18. The number of likely N-dealkylation sites (N-methyl/N-ethyl adjacent to an activating group) is 1. The molecule has 1 saturated carbocycles. The number of nitrogens with zero attached hydrogens (tertiary/aromatic N) is 1. The van der Waals surface area contributed by atoms with Gasteiger partial charge in [0, 0.05) is 26.2 Å². The molecule has 1 fully saturated rings. The zero-order chi connectivity index (χ0) is 11.1. The molecule has 1 rings (SSSR count). The Morgan fingerprint density at radius 3 is 2.53 bits per heavy atom. The van der Waals surface area contributed by atoms with Gasteiger partial charge in [-0.15, -0.1) is 0 Å². The van der Waals surface area contributed by atoms with Crippen molar-refractivity contribution in [3.63, 3.8) is 0 Å². The van der Waals surface area contributed by atoms with Crippen LogP contribution in [0, 0.1) is 5.92 Å². The lowest BCUT2D eigenvalue weighted by molar-refractivity contribution is 0.104. The summed E-state index contributed by atoms with van der Waals surface area (Å²) in [7, 11) is 3.93. The summed E-state index contributed by atoms with van der Waals surface area (Å²) in [6, 6.07) is 0.556. The van der Waals surface area contributed by atoms with Gasteiger partial charge in [0.2, 0.25) is 0 Å². The molecule has 1 atom stereocenters. The molecule has 3 heteroatoms. The average molecular weight is 214 g/mol. The van der Waals surface area contributed by atoms with E-state index in [-0.39, 0.29) is 0 Å². The molecule has 0 spiro atoms. The Morgan fingerprint density at radius 2 is 2.00 bits per heavy atom. The lowest BCUT2D eigenvalue weighted by Crippen LogP contribution is -2.45. The van der Waals surface area contributed by atoms with Gasteiger partial charge >= 0.3 is 0 Å². The molecular formula is C12H26N2O. The van der Waals surface area contributed by atoms with Crippen molar-refractivity contribution in [1.29, 1.82) is 0 Å². The lowest BCUT2D eigenvalue weighted by atomic mass is 9.83. The molecule has 0 bridgehead atoms. The Hall–Kier alpha value is -0.120. The first-order chi connectivity index (χ1) is 7.29. The van der Waals surface area contributed by atoms with Crippen molar-refractivity contribution in [2.24, 2.45) is 11.7 Å². The summed E-state index contributed by atoms with van der Waals surface area (Å²) in [5, 5.41) is 0. The molecule has 15 heavy (non-hydrogen) atoms. The minimum Gasteiger partial charge on any atom is -0.383 e. The maximum atomic E-state index is 5.89. The van der Waals surface area contributed by atoms with E-state index >= 15 is 0 Å². The van der Waals surface area contributed by atoms with Crippen LogP contribution in [0.15, 0.2) is 0 Å². The number of hydrogen-bond acceptors (Lipinski definition) is 3. The van der Waals surface area contributed by atoms with Crippen LogP contribution in [0.25, 0.3) is 0 Å². The smallest absolute Gasteiger partial charge is 0.0589 e. The second-order valence-corrected chi connectivity index (χ2v) is 4.67. The van der Waals surface area contributed by atoms with Gasteiger partial charge in [0.1, 0.15) is 0 Å². The van der Waals surface area contributed by atoms with Gasteiger partial charge in [0.25, 0.3) is 0 Å². The van der Waals surface area contributed by atoms with Gasteiger partial charge in [0.05, 0.1) is 6.61 Å². The zero-order valence-corrected chi connectivity index (χ0v) is 10.2. The van der Waals surface area contributed by atoms with Crippen molar-refractivity contribution in [2.75, 3.05) is 33.9 Å². The van der Waals surface area contributed by atoms with Crippen LogP contribution in [-0.2, 0) is 4.74 Å². The fourth-order valence-electron chi connectivity index (χ4n) is 2.65. The van der Waals surface area contributed by atoms with E-state index in [0.29, 0.717) is 6.04 Å². The minimum atomic E-state index is 0.556. The molecule has 0 saturated heterocycles. The van der Waals surface area contributed by atoms with Crippen molar-refractivity contribution in [3.8, 4) is 0 Å². The molecule has 1 unspecified atom stereocenters. The molecule has 90 valence electrons. The fraction of sp³-hybridized carbons (Fsp3) is 1.00.